The first-order valence-electron chi connectivity index (χ1n) is 6.59. The van der Waals surface area contributed by atoms with Gasteiger partial charge in [0.1, 0.15) is 0 Å². The summed E-state index contributed by atoms with van der Waals surface area (Å²) in [6.45, 7) is 0. The summed E-state index contributed by atoms with van der Waals surface area (Å²) in [7, 11) is 0. The minimum Gasteiger partial charge on any atom is -0.321 e. The molecule has 2 aromatic rings. The minimum atomic E-state index is -0.241. The normalized spacial score (nSPS) is 17.5. The van der Waals surface area contributed by atoms with E-state index in [-0.39, 0.29) is 11.8 Å². The fourth-order valence-electron chi connectivity index (χ4n) is 2.66. The Labute approximate surface area is 120 Å². The van der Waals surface area contributed by atoms with Gasteiger partial charge in [-0.15, -0.1) is 0 Å². The predicted molar refractivity (Wildman–Crippen MR) is 79.2 cm³/mol. The molecule has 0 saturated carbocycles. The van der Waals surface area contributed by atoms with Crippen molar-refractivity contribution in [2.45, 2.75) is 0 Å². The number of aliphatic imine (C=N–C) groups is 1. The second kappa shape index (κ2) is 4.24. The molecular weight excluding hydrogens is 264 g/mol. The Hall–Kier alpha value is -3.01. The van der Waals surface area contributed by atoms with Gasteiger partial charge in [-0.05, 0) is 18.2 Å². The maximum atomic E-state index is 11.9. The first kappa shape index (κ1) is 11.8. The zero-order chi connectivity index (χ0) is 14.4. The van der Waals surface area contributed by atoms with Crippen LogP contribution in [-0.4, -0.2) is 17.5 Å². The van der Waals surface area contributed by atoms with Crippen LogP contribution in [0.15, 0.2) is 59.6 Å². The van der Waals surface area contributed by atoms with Crippen LogP contribution in [0.4, 0.5) is 0 Å². The van der Waals surface area contributed by atoms with E-state index in [0.29, 0.717) is 22.5 Å². The molecule has 0 aliphatic carbocycles. The van der Waals surface area contributed by atoms with Crippen LogP contribution >= 0.6 is 0 Å². The topological polar surface area (TPSA) is 58.5 Å². The summed E-state index contributed by atoms with van der Waals surface area (Å²) in [4.78, 5) is 27.8. The van der Waals surface area contributed by atoms with Crippen LogP contribution in [-0.2, 0) is 0 Å². The summed E-state index contributed by atoms with van der Waals surface area (Å²) in [5.41, 5.74) is 4.14. The van der Waals surface area contributed by atoms with Gasteiger partial charge in [0.25, 0.3) is 11.8 Å². The summed E-state index contributed by atoms with van der Waals surface area (Å²) in [6, 6.07) is 14.7. The monoisotopic (exact) mass is 274 g/mol. The average molecular weight is 274 g/mol. The highest BCUT2D eigenvalue weighted by Crippen LogP contribution is 2.26. The molecule has 0 radical (unpaired) electrons. The molecule has 2 heterocycles. The Kier molecular flexibility index (Phi) is 2.38. The van der Waals surface area contributed by atoms with Crippen molar-refractivity contribution >= 4 is 23.2 Å². The number of hydrogen-bond acceptors (Lipinski definition) is 2. The Morgan fingerprint density at radius 3 is 2.19 bits per heavy atom. The molecule has 21 heavy (non-hydrogen) atoms. The number of amides is 2. The Morgan fingerprint density at radius 1 is 0.810 bits per heavy atom. The van der Waals surface area contributed by atoms with Gasteiger partial charge in [-0.1, -0.05) is 36.4 Å². The number of hydrogen-bond donors (Lipinski definition) is 1. The number of rotatable bonds is 1. The van der Waals surface area contributed by atoms with Gasteiger partial charge in [0.05, 0.1) is 17.0 Å². The van der Waals surface area contributed by atoms with Crippen molar-refractivity contribution in [3.05, 3.63) is 76.9 Å². The molecule has 4 rings (SSSR count). The molecule has 0 spiro atoms. The number of carbonyl (C=O) groups is 2. The van der Waals surface area contributed by atoms with Crippen molar-refractivity contribution in [2.24, 2.45) is 4.99 Å². The highest BCUT2D eigenvalue weighted by atomic mass is 16.2. The second-order valence-corrected chi connectivity index (χ2v) is 4.91. The van der Waals surface area contributed by atoms with Crippen LogP contribution in [0.2, 0.25) is 0 Å². The van der Waals surface area contributed by atoms with Crippen molar-refractivity contribution in [3.63, 3.8) is 0 Å². The van der Waals surface area contributed by atoms with Gasteiger partial charge in [0, 0.05) is 16.7 Å². The number of benzene rings is 2. The largest absolute Gasteiger partial charge is 0.321 e. The summed E-state index contributed by atoms with van der Waals surface area (Å²) < 4.78 is 0. The van der Waals surface area contributed by atoms with Gasteiger partial charge in [0.15, 0.2) is 0 Å². The van der Waals surface area contributed by atoms with E-state index in [1.54, 1.807) is 18.2 Å². The molecule has 0 fully saturated rings. The summed E-state index contributed by atoms with van der Waals surface area (Å²) in [5.74, 6) is -0.370. The van der Waals surface area contributed by atoms with Crippen LogP contribution in [0.25, 0.3) is 5.70 Å². The minimum absolute atomic E-state index is 0.130. The molecule has 2 aromatic carbocycles. The number of allylic oxidation sites excluding steroid dienone is 1. The average Bonchev–Trinajstić information content (AvgIpc) is 3.00. The van der Waals surface area contributed by atoms with Gasteiger partial charge in [-0.25, -0.2) is 4.99 Å². The molecule has 2 amide bonds. The van der Waals surface area contributed by atoms with Crippen LogP contribution < -0.4 is 5.32 Å². The molecule has 4 heteroatoms. The second-order valence-electron chi connectivity index (χ2n) is 4.91. The first-order valence-corrected chi connectivity index (χ1v) is 6.59. The molecule has 1 N–H and O–H groups in total. The Morgan fingerprint density at radius 2 is 1.43 bits per heavy atom. The van der Waals surface area contributed by atoms with E-state index in [2.05, 4.69) is 10.3 Å². The van der Waals surface area contributed by atoms with Gasteiger partial charge in [-0.2, -0.15) is 0 Å². The van der Waals surface area contributed by atoms with E-state index < -0.39 is 0 Å². The summed E-state index contributed by atoms with van der Waals surface area (Å²) in [6.07, 6.45) is 1.76. The molecule has 0 bridgehead atoms. The Bertz CT molecular complexity index is 863. The molecule has 2 aliphatic rings. The van der Waals surface area contributed by atoms with Crippen molar-refractivity contribution in [3.8, 4) is 0 Å². The third-order valence-corrected chi connectivity index (χ3v) is 3.65. The standard InChI is InChI=1S/C17H10N2O2/c20-16-12-7-3-1-5-10(12)14(18-16)9-15-11-6-2-4-8-13(11)17(21)19-15/h1-9H,(H,18,20). The smallest absolute Gasteiger partial charge is 0.278 e. The van der Waals surface area contributed by atoms with Crippen molar-refractivity contribution < 1.29 is 9.59 Å². The highest BCUT2D eigenvalue weighted by Gasteiger charge is 2.26. The molecule has 2 aliphatic heterocycles. The lowest BCUT2D eigenvalue weighted by Crippen LogP contribution is -2.13. The number of nitrogens with one attached hydrogen (secondary N) is 1. The third kappa shape index (κ3) is 1.73. The molecular formula is C17H10N2O2. The van der Waals surface area contributed by atoms with Crippen LogP contribution in [0.3, 0.4) is 0 Å². The van der Waals surface area contributed by atoms with E-state index in [0.717, 1.165) is 11.1 Å². The summed E-state index contributed by atoms with van der Waals surface area (Å²) in [5, 5.41) is 2.82. The van der Waals surface area contributed by atoms with Gasteiger partial charge in [-0.3, -0.25) is 9.59 Å². The van der Waals surface area contributed by atoms with E-state index in [9.17, 15) is 9.59 Å². The van der Waals surface area contributed by atoms with E-state index >= 15 is 0 Å². The third-order valence-electron chi connectivity index (χ3n) is 3.65. The lowest BCUT2D eigenvalue weighted by atomic mass is 10.0. The maximum absolute atomic E-state index is 11.9. The van der Waals surface area contributed by atoms with Crippen LogP contribution in [0.5, 0.6) is 0 Å². The molecule has 0 unspecified atom stereocenters. The highest BCUT2D eigenvalue weighted by molar-refractivity contribution is 6.27. The molecule has 4 nitrogen and oxygen atoms in total. The summed E-state index contributed by atoms with van der Waals surface area (Å²) >= 11 is 0. The van der Waals surface area contributed by atoms with Gasteiger partial charge in [0.2, 0.25) is 0 Å². The van der Waals surface area contributed by atoms with Crippen LogP contribution in [0, 0.1) is 0 Å². The molecule has 100 valence electrons. The SMILES string of the molecule is O=C1N=C(C=C2NC(=O)c3ccccc32)c2ccccc21. The number of carbonyl (C=O) groups excluding carboxylic acids is 2. The van der Waals surface area contributed by atoms with E-state index in [4.69, 9.17) is 0 Å². The zero-order valence-corrected chi connectivity index (χ0v) is 11.0. The molecule has 0 saturated heterocycles. The number of fused-ring (bicyclic) bond motifs is 2. The van der Waals surface area contributed by atoms with Gasteiger partial charge >= 0.3 is 0 Å². The quantitative estimate of drug-likeness (QED) is 0.868. The number of nitrogens with zero attached hydrogens (tertiary/aromatic N) is 1. The van der Waals surface area contributed by atoms with Crippen LogP contribution in [0.1, 0.15) is 31.8 Å². The maximum Gasteiger partial charge on any atom is 0.278 e. The van der Waals surface area contributed by atoms with Crippen molar-refractivity contribution in [1.29, 1.82) is 0 Å². The first-order chi connectivity index (χ1) is 10.2. The van der Waals surface area contributed by atoms with E-state index in [1.165, 1.54) is 0 Å². The van der Waals surface area contributed by atoms with Gasteiger partial charge < -0.3 is 5.32 Å². The fraction of sp³-hybridized carbons (Fsp3) is 0. The lowest BCUT2D eigenvalue weighted by molar-refractivity contribution is 0.0978. The van der Waals surface area contributed by atoms with Crippen molar-refractivity contribution in [2.75, 3.05) is 0 Å². The Balaban J connectivity index is 1.83. The van der Waals surface area contributed by atoms with Crippen molar-refractivity contribution in [1.82, 2.24) is 5.32 Å². The lowest BCUT2D eigenvalue weighted by Gasteiger charge is -2.01. The molecule has 0 aromatic heterocycles. The zero-order valence-electron chi connectivity index (χ0n) is 11.0. The fourth-order valence-corrected chi connectivity index (χ4v) is 2.66. The van der Waals surface area contributed by atoms with E-state index in [1.807, 2.05) is 36.4 Å². The molecule has 0 atom stereocenters. The predicted octanol–water partition coefficient (Wildman–Crippen LogP) is 2.41.